The van der Waals surface area contributed by atoms with Crippen LogP contribution >= 0.6 is 11.6 Å². The minimum absolute atomic E-state index is 0.00498. The third-order valence-corrected chi connectivity index (χ3v) is 7.37. The predicted octanol–water partition coefficient (Wildman–Crippen LogP) is 3.13. The number of aryl methyl sites for hydroxylation is 1. The highest BCUT2D eigenvalue weighted by atomic mass is 35.5. The van der Waals surface area contributed by atoms with Crippen LogP contribution in [0, 0.1) is 6.92 Å². The van der Waals surface area contributed by atoms with Crippen LogP contribution in [0.1, 0.15) is 34.1 Å². The number of hydrogen-bond acceptors (Lipinski definition) is 6. The zero-order valence-corrected chi connectivity index (χ0v) is 18.2. The zero-order valence-electron chi connectivity index (χ0n) is 16.7. The van der Waals surface area contributed by atoms with Gasteiger partial charge in [-0.05, 0) is 25.5 Å². The fourth-order valence-corrected chi connectivity index (χ4v) is 5.72. The first kappa shape index (κ1) is 21.3. The van der Waals surface area contributed by atoms with Gasteiger partial charge in [-0.25, -0.2) is 17.9 Å². The van der Waals surface area contributed by atoms with E-state index in [1.54, 1.807) is 13.1 Å². The summed E-state index contributed by atoms with van der Waals surface area (Å²) in [5.41, 5.74) is 2.35. The maximum atomic E-state index is 12.4. The van der Waals surface area contributed by atoms with Crippen molar-refractivity contribution in [1.82, 2.24) is 14.8 Å². The molecule has 0 bridgehead atoms. The minimum Gasteiger partial charge on any atom is -0.454 e. The van der Waals surface area contributed by atoms with E-state index in [2.05, 4.69) is 10.1 Å². The van der Waals surface area contributed by atoms with Gasteiger partial charge in [0.15, 0.2) is 16.4 Å². The van der Waals surface area contributed by atoms with Crippen molar-refractivity contribution in [1.29, 1.82) is 0 Å². The molecule has 1 fully saturated rings. The Balaban J connectivity index is 1.41. The highest BCUT2D eigenvalue weighted by molar-refractivity contribution is 7.91. The third kappa shape index (κ3) is 4.42. The van der Waals surface area contributed by atoms with Crippen LogP contribution in [0.5, 0.6) is 0 Å². The lowest BCUT2D eigenvalue weighted by Gasteiger charge is -2.09. The van der Waals surface area contributed by atoms with E-state index in [0.29, 0.717) is 23.2 Å². The third-order valence-electron chi connectivity index (χ3n) is 5.25. The number of H-pyrrole nitrogens is 1. The Morgan fingerprint density at radius 2 is 2.13 bits per heavy atom. The van der Waals surface area contributed by atoms with Crippen LogP contribution in [-0.4, -0.2) is 53.0 Å². The number of benzene rings is 1. The van der Waals surface area contributed by atoms with E-state index in [0.717, 1.165) is 10.9 Å². The summed E-state index contributed by atoms with van der Waals surface area (Å²) in [6.07, 6.45) is 4.68. The number of carbonyl (C=O) groups is 2. The Morgan fingerprint density at radius 1 is 1.35 bits per heavy atom. The van der Waals surface area contributed by atoms with Crippen molar-refractivity contribution in [2.24, 2.45) is 0 Å². The van der Waals surface area contributed by atoms with Gasteiger partial charge in [-0.3, -0.25) is 4.79 Å². The number of ketones is 1. The summed E-state index contributed by atoms with van der Waals surface area (Å²) < 4.78 is 30.0. The average molecular weight is 462 g/mol. The van der Waals surface area contributed by atoms with Crippen molar-refractivity contribution in [2.45, 2.75) is 19.4 Å². The molecule has 2 aromatic heterocycles. The molecule has 1 saturated heterocycles. The Morgan fingerprint density at radius 3 is 2.87 bits per heavy atom. The summed E-state index contributed by atoms with van der Waals surface area (Å²) in [5, 5.41) is 5.36. The molecule has 0 spiro atoms. The number of aromatic nitrogens is 3. The van der Waals surface area contributed by atoms with Crippen molar-refractivity contribution >= 4 is 50.2 Å². The second kappa shape index (κ2) is 8.32. The molecule has 31 heavy (non-hydrogen) atoms. The molecule has 3 heterocycles. The number of halogens is 1. The van der Waals surface area contributed by atoms with Crippen LogP contribution in [0.15, 0.2) is 36.5 Å². The normalized spacial score (nSPS) is 18.1. The first-order valence-corrected chi connectivity index (χ1v) is 11.8. The zero-order chi connectivity index (χ0) is 22.2. The van der Waals surface area contributed by atoms with Crippen molar-refractivity contribution in [3.05, 3.63) is 58.5 Å². The van der Waals surface area contributed by atoms with Gasteiger partial charge in [0.2, 0.25) is 5.78 Å². The molecule has 0 radical (unpaired) electrons. The van der Waals surface area contributed by atoms with Gasteiger partial charge >= 0.3 is 5.97 Å². The predicted molar refractivity (Wildman–Crippen MR) is 117 cm³/mol. The number of aromatic amines is 1. The topological polar surface area (TPSA) is 111 Å². The Kier molecular flexibility index (Phi) is 5.72. The number of Topliss-reactive ketones (excluding diaryl/α,β-unsaturated/α-hetero) is 1. The fourth-order valence-electron chi connectivity index (χ4n) is 3.65. The van der Waals surface area contributed by atoms with E-state index in [4.69, 9.17) is 16.3 Å². The van der Waals surface area contributed by atoms with Crippen molar-refractivity contribution in [2.75, 3.05) is 18.1 Å². The molecule has 0 saturated carbocycles. The lowest BCUT2D eigenvalue weighted by molar-refractivity contribution is -0.136. The molecule has 1 aromatic carbocycles. The number of sulfone groups is 1. The smallest absolute Gasteiger partial charge is 0.331 e. The van der Waals surface area contributed by atoms with Crippen LogP contribution in [0.3, 0.4) is 0 Å². The number of fused-ring (bicyclic) bond motifs is 1. The first-order chi connectivity index (χ1) is 14.7. The molecule has 1 aliphatic rings. The molecule has 1 aliphatic heterocycles. The van der Waals surface area contributed by atoms with E-state index in [-0.39, 0.29) is 28.5 Å². The van der Waals surface area contributed by atoms with Crippen molar-refractivity contribution < 1.29 is 22.7 Å². The van der Waals surface area contributed by atoms with E-state index in [9.17, 15) is 18.0 Å². The van der Waals surface area contributed by atoms with Gasteiger partial charge in [0.1, 0.15) is 5.15 Å². The number of nitrogens with one attached hydrogen (secondary N) is 1. The van der Waals surface area contributed by atoms with Gasteiger partial charge in [-0.2, -0.15) is 5.10 Å². The fraction of sp³-hybridized carbons (Fsp3) is 0.286. The second-order valence-corrected chi connectivity index (χ2v) is 9.99. The Hall–Kier alpha value is -2.91. The molecule has 3 aromatic rings. The van der Waals surface area contributed by atoms with Crippen molar-refractivity contribution in [3.8, 4) is 0 Å². The van der Waals surface area contributed by atoms with Gasteiger partial charge < -0.3 is 9.72 Å². The second-order valence-electron chi connectivity index (χ2n) is 7.40. The van der Waals surface area contributed by atoms with Gasteiger partial charge in [0.25, 0.3) is 0 Å². The van der Waals surface area contributed by atoms with Crippen LogP contribution in [-0.2, 0) is 19.4 Å². The summed E-state index contributed by atoms with van der Waals surface area (Å²) >= 11 is 6.38. The SMILES string of the molecule is Cc1nn(C2CCS(=O)(=O)C2)c(Cl)c1/C=C/C(=O)OCC(=O)c1c[nH]c2ccccc12. The number of para-hydroxylation sites is 1. The molecule has 162 valence electrons. The van der Waals surface area contributed by atoms with Crippen LogP contribution in [0.2, 0.25) is 5.15 Å². The largest absolute Gasteiger partial charge is 0.454 e. The molecule has 0 amide bonds. The standard InChI is InChI=1S/C21H20ClN3O5S/c1-13-15(21(22)25(24-13)14-8-9-31(28,29)12-14)6-7-20(27)30-11-19(26)17-10-23-18-5-3-2-4-16(17)18/h2-7,10,14,23H,8-9,11-12H2,1H3/b7-6+. The summed E-state index contributed by atoms with van der Waals surface area (Å²) in [6, 6.07) is 7.04. The molecule has 1 unspecified atom stereocenters. The molecular formula is C21H20ClN3O5S. The van der Waals surface area contributed by atoms with Gasteiger partial charge in [0.05, 0.1) is 23.2 Å². The van der Waals surface area contributed by atoms with E-state index < -0.39 is 22.4 Å². The van der Waals surface area contributed by atoms with Crippen LogP contribution in [0.4, 0.5) is 0 Å². The number of hydrogen-bond donors (Lipinski definition) is 1. The minimum atomic E-state index is -3.08. The molecule has 8 nitrogen and oxygen atoms in total. The van der Waals surface area contributed by atoms with Crippen LogP contribution in [0.25, 0.3) is 17.0 Å². The summed E-state index contributed by atoms with van der Waals surface area (Å²) in [5.74, 6) is -0.910. The van der Waals surface area contributed by atoms with Crippen LogP contribution < -0.4 is 0 Å². The monoisotopic (exact) mass is 461 g/mol. The first-order valence-electron chi connectivity index (χ1n) is 9.64. The molecule has 1 atom stereocenters. The Labute approximate surface area is 183 Å². The maximum Gasteiger partial charge on any atom is 0.331 e. The van der Waals surface area contributed by atoms with E-state index in [1.165, 1.54) is 16.8 Å². The number of ether oxygens (including phenoxy) is 1. The average Bonchev–Trinajstić information content (AvgIpc) is 3.40. The van der Waals surface area contributed by atoms with Crippen molar-refractivity contribution in [3.63, 3.8) is 0 Å². The maximum absolute atomic E-state index is 12.4. The summed E-state index contributed by atoms with van der Waals surface area (Å²) in [4.78, 5) is 27.5. The number of rotatable bonds is 6. The van der Waals surface area contributed by atoms with Gasteiger partial charge in [-0.1, -0.05) is 29.8 Å². The Bertz CT molecular complexity index is 1310. The highest BCUT2D eigenvalue weighted by Gasteiger charge is 2.31. The quantitative estimate of drug-likeness (QED) is 0.343. The highest BCUT2D eigenvalue weighted by Crippen LogP contribution is 2.30. The number of esters is 1. The lowest BCUT2D eigenvalue weighted by Crippen LogP contribution is -2.12. The summed E-state index contributed by atoms with van der Waals surface area (Å²) in [6.45, 7) is 1.33. The number of carbonyl (C=O) groups excluding carboxylic acids is 2. The molecule has 1 N–H and O–H groups in total. The summed E-state index contributed by atoms with van der Waals surface area (Å²) in [7, 11) is -3.08. The van der Waals surface area contributed by atoms with E-state index in [1.807, 2.05) is 24.3 Å². The number of nitrogens with zero attached hydrogens (tertiary/aromatic N) is 2. The lowest BCUT2D eigenvalue weighted by atomic mass is 10.1. The van der Waals surface area contributed by atoms with E-state index >= 15 is 0 Å². The van der Waals surface area contributed by atoms with Gasteiger partial charge in [-0.15, -0.1) is 0 Å². The molecule has 4 rings (SSSR count). The molecule has 10 heteroatoms. The molecule has 0 aliphatic carbocycles. The molecular weight excluding hydrogens is 442 g/mol. The van der Waals surface area contributed by atoms with Gasteiger partial charge in [0, 0.05) is 34.3 Å².